The van der Waals surface area contributed by atoms with E-state index in [1.54, 1.807) is 0 Å². The van der Waals surface area contributed by atoms with Crippen molar-refractivity contribution in [2.75, 3.05) is 5.32 Å². The topological polar surface area (TPSA) is 55.4 Å². The summed E-state index contributed by atoms with van der Waals surface area (Å²) in [5.74, 6) is 0.517. The lowest BCUT2D eigenvalue weighted by atomic mass is 9.98. The van der Waals surface area contributed by atoms with Gasteiger partial charge in [0.2, 0.25) is 0 Å². The maximum Gasteiger partial charge on any atom is 0.260 e. The third kappa shape index (κ3) is 2.23. The number of carbonyl (C=O) groups is 2. The number of ether oxygens (including phenoxy) is 1. The molecule has 2 aliphatic rings. The first-order chi connectivity index (χ1) is 11.3. The zero-order chi connectivity index (χ0) is 15.8. The molecule has 1 amide bonds. The number of fused-ring (bicyclic) bond motifs is 2. The monoisotopic (exact) mass is 305 g/mol. The van der Waals surface area contributed by atoms with Gasteiger partial charge in [0.15, 0.2) is 0 Å². The Labute approximate surface area is 133 Å². The minimum atomic E-state index is -0.126. The zero-order valence-corrected chi connectivity index (χ0v) is 12.5. The number of carbonyl (C=O) groups excluding carboxylic acids is 2. The van der Waals surface area contributed by atoms with Crippen LogP contribution < -0.4 is 5.32 Å². The molecule has 1 N–H and O–H groups in total. The van der Waals surface area contributed by atoms with Crippen LogP contribution in [0.15, 0.2) is 42.5 Å². The normalized spacial score (nSPS) is 18.2. The van der Waals surface area contributed by atoms with Crippen LogP contribution in [0.1, 0.15) is 28.7 Å². The highest BCUT2D eigenvalue weighted by molar-refractivity contribution is 6.36. The van der Waals surface area contributed by atoms with Gasteiger partial charge in [-0.05, 0) is 18.1 Å². The molecule has 0 fully saturated rings. The Balaban J connectivity index is 1.79. The molecule has 0 atom stereocenters. The molecule has 0 spiro atoms. The Morgan fingerprint density at radius 2 is 2.00 bits per heavy atom. The first kappa shape index (κ1) is 13.8. The minimum absolute atomic E-state index is 0.126. The number of hydrogen-bond acceptors (Lipinski definition) is 3. The van der Waals surface area contributed by atoms with Gasteiger partial charge in [0, 0.05) is 28.8 Å². The van der Waals surface area contributed by atoms with Crippen molar-refractivity contribution < 1.29 is 14.3 Å². The highest BCUT2D eigenvalue weighted by atomic mass is 16.5. The van der Waals surface area contributed by atoms with Gasteiger partial charge in [-0.2, -0.15) is 0 Å². The number of aryl methyl sites for hydroxylation is 1. The number of anilines is 1. The van der Waals surface area contributed by atoms with Crippen molar-refractivity contribution in [2.24, 2.45) is 0 Å². The molecule has 4 rings (SSSR count). The summed E-state index contributed by atoms with van der Waals surface area (Å²) in [7, 11) is 0. The Morgan fingerprint density at radius 1 is 1.13 bits per heavy atom. The summed E-state index contributed by atoms with van der Waals surface area (Å²) in [5.41, 5.74) is 5.43. The van der Waals surface area contributed by atoms with Crippen LogP contribution in [0.5, 0.6) is 0 Å². The fourth-order valence-corrected chi connectivity index (χ4v) is 3.15. The molecule has 0 bridgehead atoms. The van der Waals surface area contributed by atoms with Crippen molar-refractivity contribution in [2.45, 2.75) is 19.4 Å². The van der Waals surface area contributed by atoms with Gasteiger partial charge in [-0.15, -0.1) is 0 Å². The Kier molecular flexibility index (Phi) is 3.23. The van der Waals surface area contributed by atoms with Crippen molar-refractivity contribution in [3.05, 3.63) is 64.7 Å². The fraction of sp³-hybridized carbons (Fsp3) is 0.158. The summed E-state index contributed by atoms with van der Waals surface area (Å²) in [5, 5.41) is 2.88. The van der Waals surface area contributed by atoms with Crippen molar-refractivity contribution >= 4 is 29.2 Å². The van der Waals surface area contributed by atoms with E-state index in [1.807, 2.05) is 36.4 Å². The molecule has 0 saturated carbocycles. The number of amides is 1. The third-order valence-electron chi connectivity index (χ3n) is 4.24. The molecule has 2 heterocycles. The van der Waals surface area contributed by atoms with E-state index in [0.29, 0.717) is 24.4 Å². The molecule has 114 valence electrons. The molecule has 23 heavy (non-hydrogen) atoms. The summed E-state index contributed by atoms with van der Waals surface area (Å²) < 4.78 is 5.84. The number of para-hydroxylation sites is 1. The highest BCUT2D eigenvalue weighted by Gasteiger charge is 2.32. The van der Waals surface area contributed by atoms with E-state index < -0.39 is 0 Å². The van der Waals surface area contributed by atoms with Gasteiger partial charge < -0.3 is 14.8 Å². The molecule has 4 nitrogen and oxygen atoms in total. The first-order valence-corrected chi connectivity index (χ1v) is 7.61. The van der Waals surface area contributed by atoms with Crippen LogP contribution in [0.3, 0.4) is 0 Å². The van der Waals surface area contributed by atoms with E-state index in [9.17, 15) is 9.59 Å². The molecule has 2 aromatic rings. The van der Waals surface area contributed by atoms with Crippen molar-refractivity contribution in [3.63, 3.8) is 0 Å². The second kappa shape index (κ2) is 5.39. The molecule has 0 radical (unpaired) electrons. The van der Waals surface area contributed by atoms with E-state index in [1.165, 1.54) is 0 Å². The van der Waals surface area contributed by atoms with Gasteiger partial charge in [0.05, 0.1) is 5.57 Å². The Hall–Kier alpha value is -2.88. The average molecular weight is 305 g/mol. The van der Waals surface area contributed by atoms with Crippen molar-refractivity contribution in [3.8, 4) is 0 Å². The maximum atomic E-state index is 12.3. The van der Waals surface area contributed by atoms with Crippen LogP contribution in [0, 0.1) is 0 Å². The van der Waals surface area contributed by atoms with Crippen LogP contribution in [0.4, 0.5) is 5.69 Å². The molecule has 0 aliphatic carbocycles. The summed E-state index contributed by atoms with van der Waals surface area (Å²) in [6, 6.07) is 13.7. The predicted molar refractivity (Wildman–Crippen MR) is 87.5 cm³/mol. The molecule has 0 aromatic heterocycles. The second-order valence-corrected chi connectivity index (χ2v) is 5.69. The molecule has 2 aromatic carbocycles. The minimum Gasteiger partial charge on any atom is -0.487 e. The largest absolute Gasteiger partial charge is 0.487 e. The lowest BCUT2D eigenvalue weighted by molar-refractivity contribution is -0.111. The third-order valence-corrected chi connectivity index (χ3v) is 4.24. The highest BCUT2D eigenvalue weighted by Crippen LogP contribution is 2.41. The van der Waals surface area contributed by atoms with E-state index in [4.69, 9.17) is 4.74 Å². The Morgan fingerprint density at radius 3 is 2.87 bits per heavy atom. The van der Waals surface area contributed by atoms with Crippen LogP contribution in [0.25, 0.3) is 11.3 Å². The van der Waals surface area contributed by atoms with E-state index >= 15 is 0 Å². The second-order valence-electron chi connectivity index (χ2n) is 5.69. The quantitative estimate of drug-likeness (QED) is 0.700. The number of nitrogens with one attached hydrogen (secondary N) is 1. The van der Waals surface area contributed by atoms with Gasteiger partial charge in [0.25, 0.3) is 5.91 Å². The smallest absolute Gasteiger partial charge is 0.260 e. The van der Waals surface area contributed by atoms with Crippen LogP contribution in [-0.4, -0.2) is 12.2 Å². The Bertz CT molecular complexity index is 851. The van der Waals surface area contributed by atoms with Gasteiger partial charge >= 0.3 is 0 Å². The van der Waals surface area contributed by atoms with Crippen molar-refractivity contribution in [1.82, 2.24) is 0 Å². The van der Waals surface area contributed by atoms with Gasteiger partial charge in [-0.3, -0.25) is 4.79 Å². The summed E-state index contributed by atoms with van der Waals surface area (Å²) in [6.07, 6.45) is 2.17. The van der Waals surface area contributed by atoms with E-state index in [-0.39, 0.29) is 5.91 Å². The van der Waals surface area contributed by atoms with Crippen LogP contribution >= 0.6 is 0 Å². The van der Waals surface area contributed by atoms with Crippen molar-refractivity contribution in [1.29, 1.82) is 0 Å². The molecule has 2 aliphatic heterocycles. The predicted octanol–water partition coefficient (Wildman–Crippen LogP) is 3.17. The number of benzene rings is 2. The van der Waals surface area contributed by atoms with Gasteiger partial charge in [-0.1, -0.05) is 36.4 Å². The van der Waals surface area contributed by atoms with Crippen LogP contribution in [0.2, 0.25) is 0 Å². The number of hydrogen-bond donors (Lipinski definition) is 1. The van der Waals surface area contributed by atoms with E-state index in [0.717, 1.165) is 40.6 Å². The number of aldehydes is 1. The molecule has 0 saturated heterocycles. The standard InChI is InChI=1S/C19H15NO3/c21-9-3-4-12-7-8-14-13(10-12)11-23-18(14)17-15-5-1-2-6-16(15)20-19(17)22/h1-2,5-10H,3-4,11H2,(H,20,22)/b18-17+. The zero-order valence-electron chi connectivity index (χ0n) is 12.5. The van der Waals surface area contributed by atoms with Crippen LogP contribution in [-0.2, 0) is 27.4 Å². The molecule has 4 heteroatoms. The molecular formula is C19H15NO3. The molecule has 0 unspecified atom stereocenters. The fourth-order valence-electron chi connectivity index (χ4n) is 3.15. The maximum absolute atomic E-state index is 12.3. The first-order valence-electron chi connectivity index (χ1n) is 7.61. The van der Waals surface area contributed by atoms with Gasteiger partial charge in [0.1, 0.15) is 18.7 Å². The summed E-state index contributed by atoms with van der Waals surface area (Å²) in [4.78, 5) is 22.9. The SMILES string of the molecule is O=CCCc1ccc2c(c1)CO/C2=C1/C(=O)Nc2ccccc21. The van der Waals surface area contributed by atoms with Gasteiger partial charge in [-0.25, -0.2) is 0 Å². The summed E-state index contributed by atoms with van der Waals surface area (Å²) in [6.45, 7) is 0.457. The lowest BCUT2D eigenvalue weighted by Crippen LogP contribution is -2.05. The average Bonchev–Trinajstić information content (AvgIpc) is 3.12. The molecular weight excluding hydrogens is 290 g/mol. The van der Waals surface area contributed by atoms with E-state index in [2.05, 4.69) is 11.4 Å². The number of rotatable bonds is 3. The summed E-state index contributed by atoms with van der Waals surface area (Å²) >= 11 is 0. The lowest BCUT2D eigenvalue weighted by Gasteiger charge is -2.05.